The van der Waals surface area contributed by atoms with Crippen molar-refractivity contribution in [2.75, 3.05) is 39.8 Å². The molecule has 0 fully saturated rings. The number of hydrogen-bond donors (Lipinski definition) is 1. The number of guanidine groups is 1. The highest BCUT2D eigenvalue weighted by atomic mass is 16.5. The highest BCUT2D eigenvalue weighted by molar-refractivity contribution is 5.86. The highest BCUT2D eigenvalue weighted by Crippen LogP contribution is 2.16. The van der Waals surface area contributed by atoms with Crippen LogP contribution >= 0.6 is 0 Å². The average molecular weight is 378 g/mol. The van der Waals surface area contributed by atoms with Gasteiger partial charge in [0.15, 0.2) is 5.96 Å². The van der Waals surface area contributed by atoms with E-state index in [1.165, 1.54) is 0 Å². The minimum Gasteiger partial charge on any atom is -0.477 e. The predicted octanol–water partition coefficient (Wildman–Crippen LogP) is 2.53. The number of pyridine rings is 1. The Morgan fingerprint density at radius 3 is 2.63 bits per heavy atom. The zero-order valence-corrected chi connectivity index (χ0v) is 17.5. The standard InChI is InChI=1S/C20H35N5O2/c1-6-10-14-27-19-17(12-11-13-22-19)15-23-20(21-7-2)24(5)16-18(26)25(8-3)9-4/h11-13H,6-10,14-16H2,1-5H3,(H,21,23). The molecule has 1 N–H and O–H groups in total. The molecule has 0 saturated heterocycles. The van der Waals surface area contributed by atoms with Gasteiger partial charge in [-0.2, -0.15) is 0 Å². The Morgan fingerprint density at radius 2 is 2.00 bits per heavy atom. The molecule has 152 valence electrons. The summed E-state index contributed by atoms with van der Waals surface area (Å²) in [6, 6.07) is 3.86. The fraction of sp³-hybridized carbons (Fsp3) is 0.650. The second-order valence-electron chi connectivity index (χ2n) is 6.26. The highest BCUT2D eigenvalue weighted by Gasteiger charge is 2.15. The van der Waals surface area contributed by atoms with Gasteiger partial charge in [0.2, 0.25) is 11.8 Å². The molecular weight excluding hydrogens is 342 g/mol. The van der Waals surface area contributed by atoms with Gasteiger partial charge in [0.1, 0.15) is 0 Å². The van der Waals surface area contributed by atoms with E-state index >= 15 is 0 Å². The van der Waals surface area contributed by atoms with Crippen LogP contribution in [0.25, 0.3) is 0 Å². The van der Waals surface area contributed by atoms with Crippen molar-refractivity contribution in [2.24, 2.45) is 4.99 Å². The second kappa shape index (κ2) is 12.9. The number of carbonyl (C=O) groups excluding carboxylic acids is 1. The summed E-state index contributed by atoms with van der Waals surface area (Å²) in [6.45, 7) is 11.7. The lowest BCUT2D eigenvalue weighted by molar-refractivity contribution is -0.131. The molecule has 0 aliphatic carbocycles. The van der Waals surface area contributed by atoms with Crippen molar-refractivity contribution in [2.45, 2.75) is 47.1 Å². The first-order valence-corrected chi connectivity index (χ1v) is 9.91. The van der Waals surface area contributed by atoms with Gasteiger partial charge in [-0.3, -0.25) is 4.79 Å². The normalized spacial score (nSPS) is 11.2. The van der Waals surface area contributed by atoms with E-state index in [9.17, 15) is 4.79 Å². The lowest BCUT2D eigenvalue weighted by Gasteiger charge is -2.25. The van der Waals surface area contributed by atoms with Gasteiger partial charge in [0.25, 0.3) is 0 Å². The van der Waals surface area contributed by atoms with Crippen molar-refractivity contribution in [3.05, 3.63) is 23.9 Å². The Hall–Kier alpha value is -2.31. The van der Waals surface area contributed by atoms with Crippen molar-refractivity contribution in [1.29, 1.82) is 0 Å². The molecule has 1 heterocycles. The second-order valence-corrected chi connectivity index (χ2v) is 6.26. The van der Waals surface area contributed by atoms with Crippen LogP contribution in [0.3, 0.4) is 0 Å². The minimum atomic E-state index is 0.0954. The van der Waals surface area contributed by atoms with Gasteiger partial charge < -0.3 is 19.9 Å². The molecule has 1 aromatic heterocycles. The summed E-state index contributed by atoms with van der Waals surface area (Å²) >= 11 is 0. The Bertz CT molecular complexity index is 587. The zero-order chi connectivity index (χ0) is 20.1. The monoisotopic (exact) mass is 377 g/mol. The quantitative estimate of drug-likeness (QED) is 0.365. The van der Waals surface area contributed by atoms with Gasteiger partial charge in [-0.05, 0) is 33.3 Å². The van der Waals surface area contributed by atoms with E-state index < -0.39 is 0 Å². The summed E-state index contributed by atoms with van der Waals surface area (Å²) in [5, 5.41) is 3.25. The van der Waals surface area contributed by atoms with Crippen molar-refractivity contribution < 1.29 is 9.53 Å². The van der Waals surface area contributed by atoms with E-state index in [-0.39, 0.29) is 5.91 Å². The van der Waals surface area contributed by atoms with Crippen LogP contribution in [0.15, 0.2) is 23.3 Å². The van der Waals surface area contributed by atoms with Gasteiger partial charge in [-0.15, -0.1) is 0 Å². The van der Waals surface area contributed by atoms with E-state index in [4.69, 9.17) is 4.74 Å². The van der Waals surface area contributed by atoms with Crippen LogP contribution in [0, 0.1) is 0 Å². The number of aromatic nitrogens is 1. The summed E-state index contributed by atoms with van der Waals surface area (Å²) in [5.41, 5.74) is 0.937. The fourth-order valence-electron chi connectivity index (χ4n) is 2.57. The molecule has 0 aromatic carbocycles. The molecule has 1 rings (SSSR count). The van der Waals surface area contributed by atoms with Gasteiger partial charge >= 0.3 is 0 Å². The van der Waals surface area contributed by atoms with E-state index in [1.54, 1.807) is 6.20 Å². The largest absolute Gasteiger partial charge is 0.477 e. The van der Waals surface area contributed by atoms with E-state index in [0.29, 0.717) is 44.6 Å². The van der Waals surface area contributed by atoms with Crippen LogP contribution in [-0.4, -0.2) is 66.5 Å². The number of amides is 1. The topological polar surface area (TPSA) is 70.1 Å². The first-order valence-electron chi connectivity index (χ1n) is 9.91. The maximum Gasteiger partial charge on any atom is 0.242 e. The van der Waals surface area contributed by atoms with Crippen LogP contribution in [0.1, 0.15) is 46.1 Å². The van der Waals surface area contributed by atoms with E-state index in [2.05, 4.69) is 22.2 Å². The van der Waals surface area contributed by atoms with Crippen molar-refractivity contribution in [1.82, 2.24) is 20.1 Å². The smallest absolute Gasteiger partial charge is 0.242 e. The molecule has 7 nitrogen and oxygen atoms in total. The van der Waals surface area contributed by atoms with Gasteiger partial charge in [-0.1, -0.05) is 19.4 Å². The van der Waals surface area contributed by atoms with Crippen LogP contribution in [0.4, 0.5) is 0 Å². The molecule has 27 heavy (non-hydrogen) atoms. The maximum atomic E-state index is 12.4. The fourth-order valence-corrected chi connectivity index (χ4v) is 2.57. The SMILES string of the molecule is CCCCOc1ncccc1CN=C(NCC)N(C)CC(=O)N(CC)CC. The maximum absolute atomic E-state index is 12.4. The number of aliphatic imine (C=N–C) groups is 1. The molecule has 0 radical (unpaired) electrons. The number of unbranched alkanes of at least 4 members (excludes halogenated alkanes) is 1. The summed E-state index contributed by atoms with van der Waals surface area (Å²) in [4.78, 5) is 25.1. The summed E-state index contributed by atoms with van der Waals surface area (Å²) in [6.07, 6.45) is 3.81. The van der Waals surface area contributed by atoms with Crippen molar-refractivity contribution in [3.63, 3.8) is 0 Å². The lowest BCUT2D eigenvalue weighted by Crippen LogP contribution is -2.45. The number of likely N-dealkylation sites (N-methyl/N-ethyl adjacent to an activating group) is 2. The van der Waals surface area contributed by atoms with E-state index in [0.717, 1.165) is 24.9 Å². The number of hydrogen-bond acceptors (Lipinski definition) is 4. The third kappa shape index (κ3) is 7.85. The van der Waals surface area contributed by atoms with Crippen LogP contribution in [0.5, 0.6) is 5.88 Å². The molecule has 0 saturated carbocycles. The van der Waals surface area contributed by atoms with Gasteiger partial charge in [0.05, 0.1) is 19.7 Å². The van der Waals surface area contributed by atoms with Gasteiger partial charge in [-0.25, -0.2) is 9.98 Å². The number of nitrogens with zero attached hydrogens (tertiary/aromatic N) is 4. The number of rotatable bonds is 11. The molecule has 0 aliphatic heterocycles. The van der Waals surface area contributed by atoms with Gasteiger partial charge in [0, 0.05) is 38.4 Å². The number of carbonyl (C=O) groups is 1. The lowest BCUT2D eigenvalue weighted by atomic mass is 10.2. The number of nitrogens with one attached hydrogen (secondary N) is 1. The summed E-state index contributed by atoms with van der Waals surface area (Å²) < 4.78 is 5.78. The first-order chi connectivity index (χ1) is 13.1. The molecule has 0 unspecified atom stereocenters. The molecule has 0 aliphatic rings. The molecule has 0 spiro atoms. The zero-order valence-electron chi connectivity index (χ0n) is 17.5. The summed E-state index contributed by atoms with van der Waals surface area (Å²) in [5.74, 6) is 1.42. The average Bonchev–Trinajstić information content (AvgIpc) is 2.67. The first kappa shape index (κ1) is 22.7. The molecule has 1 amide bonds. The van der Waals surface area contributed by atoms with Crippen LogP contribution in [0.2, 0.25) is 0 Å². The Morgan fingerprint density at radius 1 is 1.26 bits per heavy atom. The minimum absolute atomic E-state index is 0.0954. The third-order valence-corrected chi connectivity index (χ3v) is 4.17. The Labute approximate surface area is 163 Å². The van der Waals surface area contributed by atoms with Crippen LogP contribution in [-0.2, 0) is 11.3 Å². The van der Waals surface area contributed by atoms with Crippen LogP contribution < -0.4 is 10.1 Å². The van der Waals surface area contributed by atoms with Crippen molar-refractivity contribution >= 4 is 11.9 Å². The molecule has 0 atom stereocenters. The molecule has 7 heteroatoms. The Balaban J connectivity index is 2.82. The molecule has 1 aromatic rings. The Kier molecular flexibility index (Phi) is 10.9. The summed E-state index contributed by atoms with van der Waals surface area (Å²) in [7, 11) is 1.88. The predicted molar refractivity (Wildman–Crippen MR) is 110 cm³/mol. The molecular formula is C20H35N5O2. The van der Waals surface area contributed by atoms with E-state index in [1.807, 2.05) is 49.8 Å². The van der Waals surface area contributed by atoms with Crippen molar-refractivity contribution in [3.8, 4) is 5.88 Å². The molecule has 0 bridgehead atoms. The third-order valence-electron chi connectivity index (χ3n) is 4.17. The number of ether oxygens (including phenoxy) is 1.